The summed E-state index contributed by atoms with van der Waals surface area (Å²) in [5.74, 6) is 0.565. The Hall–Kier alpha value is -1.65. The highest BCUT2D eigenvalue weighted by Crippen LogP contribution is 2.38. The molecule has 1 fully saturated rings. The Morgan fingerprint density at radius 2 is 1.72 bits per heavy atom. The lowest BCUT2D eigenvalue weighted by atomic mass is 10.1. The average Bonchev–Trinajstić information content (AvgIpc) is 3.25. The number of methoxy groups -OCH3 is 1. The van der Waals surface area contributed by atoms with Crippen LogP contribution in [0.15, 0.2) is 12.2 Å². The van der Waals surface area contributed by atoms with Crippen molar-refractivity contribution in [1.82, 2.24) is 5.32 Å². The lowest BCUT2D eigenvalue weighted by molar-refractivity contribution is -0.142. The summed E-state index contributed by atoms with van der Waals surface area (Å²) in [6, 6.07) is -0.784. The maximum atomic E-state index is 11.8. The highest BCUT2D eigenvalue weighted by atomic mass is 32.2. The Morgan fingerprint density at radius 1 is 1.11 bits per heavy atom. The zero-order chi connectivity index (χ0) is 27.9. The third kappa shape index (κ3) is 11.2. The van der Waals surface area contributed by atoms with E-state index in [4.69, 9.17) is 13.9 Å². The Kier molecular flexibility index (Phi) is 11.9. The molecule has 206 valence electrons. The Morgan fingerprint density at radius 3 is 2.14 bits per heavy atom. The monoisotopic (exact) mass is 543 g/mol. The minimum absolute atomic E-state index is 0.0309. The van der Waals surface area contributed by atoms with E-state index in [0.29, 0.717) is 25.0 Å². The number of ketones is 2. The van der Waals surface area contributed by atoms with Crippen LogP contribution < -0.4 is 5.32 Å². The van der Waals surface area contributed by atoms with Crippen molar-refractivity contribution in [3.8, 4) is 0 Å². The lowest BCUT2D eigenvalue weighted by Crippen LogP contribution is -2.45. The summed E-state index contributed by atoms with van der Waals surface area (Å²) >= 11 is 1.52. The fourth-order valence-electron chi connectivity index (χ4n) is 3.39. The summed E-state index contributed by atoms with van der Waals surface area (Å²) in [6.07, 6.45) is 4.54. The minimum Gasteiger partial charge on any atom is -0.467 e. The fraction of sp³-hybridized carbons (Fsp3) is 0.769. The van der Waals surface area contributed by atoms with Gasteiger partial charge in [-0.25, -0.2) is 9.59 Å². The maximum Gasteiger partial charge on any atom is 0.408 e. The van der Waals surface area contributed by atoms with Crippen molar-refractivity contribution in [3.05, 3.63) is 12.2 Å². The highest BCUT2D eigenvalue weighted by molar-refractivity contribution is 8.00. The van der Waals surface area contributed by atoms with Crippen LogP contribution in [-0.2, 0) is 28.3 Å². The number of allylic oxidation sites excluding steroid dienone is 1. The third-order valence-corrected chi connectivity index (χ3v) is 12.5. The van der Waals surface area contributed by atoms with Crippen LogP contribution in [0.3, 0.4) is 0 Å². The second-order valence-electron chi connectivity index (χ2n) is 12.0. The zero-order valence-corrected chi connectivity index (χ0v) is 25.4. The zero-order valence-electron chi connectivity index (χ0n) is 23.6. The topological polar surface area (TPSA) is 108 Å². The lowest BCUT2D eigenvalue weighted by Gasteiger charge is -2.37. The van der Waals surface area contributed by atoms with Crippen LogP contribution in [0, 0.1) is 5.92 Å². The summed E-state index contributed by atoms with van der Waals surface area (Å²) in [7, 11) is -0.427. The van der Waals surface area contributed by atoms with E-state index in [1.54, 1.807) is 26.8 Å². The molecule has 0 bridgehead atoms. The Labute approximate surface area is 221 Å². The van der Waals surface area contributed by atoms with Crippen molar-refractivity contribution < 1.29 is 33.1 Å². The predicted octanol–water partition coefficient (Wildman–Crippen LogP) is 5.06. The van der Waals surface area contributed by atoms with Gasteiger partial charge in [0.15, 0.2) is 14.1 Å². The number of nitrogens with one attached hydrogen (secondary N) is 1. The van der Waals surface area contributed by atoms with Gasteiger partial charge in [-0.3, -0.25) is 9.59 Å². The van der Waals surface area contributed by atoms with Crippen LogP contribution in [0.25, 0.3) is 0 Å². The number of thioether (sulfide) groups is 1. The van der Waals surface area contributed by atoms with Crippen molar-refractivity contribution in [3.63, 3.8) is 0 Å². The standard InChI is InChI=1S/C15H25NO5S.C11H20O2Si/c1-9-6-10(17)7-12(9)22-8-11(13(18)20-5)16-14(19)21-15(2,3)4;1-11(2,3)14(4,5)13-10-7-6-9(12)8-10/h9,11-12H,6-8H2,1-5H3,(H,16,19);6-7,10H,8H2,1-5H3/t9-,11+,12-;10-/m10/s1. The Bertz CT molecular complexity index is 829. The molecule has 0 spiro atoms. The molecule has 1 amide bonds. The second kappa shape index (κ2) is 13.2. The first-order valence-corrected chi connectivity index (χ1v) is 16.4. The molecular weight excluding hydrogens is 498 g/mol. The van der Waals surface area contributed by atoms with Crippen LogP contribution in [0.2, 0.25) is 18.1 Å². The number of carbonyl (C=O) groups excluding carboxylic acids is 4. The third-order valence-electron chi connectivity index (χ3n) is 6.42. The molecule has 0 aromatic rings. The molecule has 1 N–H and O–H groups in total. The highest BCUT2D eigenvalue weighted by Gasteiger charge is 2.39. The average molecular weight is 544 g/mol. The van der Waals surface area contributed by atoms with Gasteiger partial charge in [0.25, 0.3) is 0 Å². The first-order valence-electron chi connectivity index (χ1n) is 12.4. The van der Waals surface area contributed by atoms with Crippen molar-refractivity contribution >= 4 is 43.7 Å². The molecule has 8 nitrogen and oxygen atoms in total. The Balaban J connectivity index is 0.000000397. The quantitative estimate of drug-likeness (QED) is 0.351. The van der Waals surface area contributed by atoms with Gasteiger partial charge >= 0.3 is 12.1 Å². The molecule has 0 saturated heterocycles. The van der Waals surface area contributed by atoms with Crippen LogP contribution >= 0.6 is 11.8 Å². The molecule has 0 unspecified atom stereocenters. The van der Waals surface area contributed by atoms with E-state index < -0.39 is 32.0 Å². The summed E-state index contributed by atoms with van der Waals surface area (Å²) < 4.78 is 15.9. The van der Waals surface area contributed by atoms with Gasteiger partial charge in [-0.05, 0) is 50.9 Å². The summed E-state index contributed by atoms with van der Waals surface area (Å²) in [6.45, 7) is 18.3. The largest absolute Gasteiger partial charge is 0.467 e. The van der Waals surface area contributed by atoms with E-state index in [1.807, 2.05) is 13.0 Å². The van der Waals surface area contributed by atoms with Gasteiger partial charge in [0.05, 0.1) is 13.2 Å². The van der Waals surface area contributed by atoms with E-state index in [0.717, 1.165) is 0 Å². The summed E-state index contributed by atoms with van der Waals surface area (Å²) in [4.78, 5) is 46.1. The number of carbonyl (C=O) groups is 4. The van der Waals surface area contributed by atoms with Crippen molar-refractivity contribution in [2.75, 3.05) is 12.9 Å². The van der Waals surface area contributed by atoms with E-state index in [-0.39, 0.29) is 33.9 Å². The molecule has 0 aliphatic heterocycles. The molecule has 1 saturated carbocycles. The van der Waals surface area contributed by atoms with Gasteiger partial charge in [0.1, 0.15) is 17.4 Å². The fourth-order valence-corrected chi connectivity index (χ4v) is 6.05. The van der Waals surface area contributed by atoms with Crippen LogP contribution in [0.4, 0.5) is 4.79 Å². The van der Waals surface area contributed by atoms with Crippen molar-refractivity contribution in [1.29, 1.82) is 0 Å². The summed E-state index contributed by atoms with van der Waals surface area (Å²) in [5.41, 5.74) is -0.635. The maximum absolute atomic E-state index is 11.8. The smallest absolute Gasteiger partial charge is 0.408 e. The SMILES string of the molecule is CC(C)(C)[Si](C)(C)O[C@H]1C=CC(=O)C1.COC(=O)[C@H](CS[C@@H]1CC(=O)C[C@H]1C)NC(=O)OC(C)(C)C. The van der Waals surface area contributed by atoms with Crippen LogP contribution in [-0.4, -0.2) is 67.8 Å². The van der Waals surface area contributed by atoms with Crippen molar-refractivity contribution in [2.24, 2.45) is 5.92 Å². The molecule has 2 rings (SSSR count). The van der Waals surface area contributed by atoms with Crippen LogP contribution in [0.5, 0.6) is 0 Å². The normalized spacial score (nSPS) is 23.1. The number of amides is 1. The van der Waals surface area contributed by atoms with E-state index in [2.05, 4.69) is 39.2 Å². The van der Waals surface area contributed by atoms with Gasteiger partial charge in [-0.1, -0.05) is 33.8 Å². The molecule has 0 aromatic carbocycles. The van der Waals surface area contributed by atoms with Gasteiger partial charge in [-0.2, -0.15) is 11.8 Å². The number of hydrogen-bond acceptors (Lipinski definition) is 8. The molecule has 2 aliphatic rings. The van der Waals surface area contributed by atoms with E-state index >= 15 is 0 Å². The van der Waals surface area contributed by atoms with E-state index in [9.17, 15) is 19.2 Å². The van der Waals surface area contributed by atoms with Gasteiger partial charge in [-0.15, -0.1) is 0 Å². The number of Topliss-reactive ketones (excluding diaryl/α,β-unsaturated/α-hetero) is 1. The summed E-state index contributed by atoms with van der Waals surface area (Å²) in [5, 5.41) is 2.93. The number of esters is 1. The molecule has 0 aromatic heterocycles. The first-order chi connectivity index (χ1) is 16.3. The molecule has 10 heteroatoms. The molecule has 36 heavy (non-hydrogen) atoms. The molecular formula is C26H45NO7SSi. The minimum atomic E-state index is -1.70. The molecule has 0 heterocycles. The predicted molar refractivity (Wildman–Crippen MR) is 146 cm³/mol. The number of ether oxygens (including phenoxy) is 2. The molecule has 0 radical (unpaired) electrons. The van der Waals surface area contributed by atoms with Gasteiger partial charge < -0.3 is 19.2 Å². The van der Waals surface area contributed by atoms with E-state index in [1.165, 1.54) is 18.9 Å². The molecule has 2 aliphatic carbocycles. The van der Waals surface area contributed by atoms with Gasteiger partial charge in [0.2, 0.25) is 0 Å². The van der Waals surface area contributed by atoms with Gasteiger partial charge in [0, 0.05) is 30.3 Å². The van der Waals surface area contributed by atoms with Crippen LogP contribution in [0.1, 0.15) is 67.7 Å². The molecule has 4 atom stereocenters. The number of alkyl carbamates (subject to hydrolysis) is 1. The second-order valence-corrected chi connectivity index (χ2v) is 18.0. The number of hydrogen-bond donors (Lipinski definition) is 1. The number of rotatable bonds is 7. The van der Waals surface area contributed by atoms with Crippen molar-refractivity contribution in [2.45, 2.75) is 109 Å². The first kappa shape index (κ1) is 32.4.